The van der Waals surface area contributed by atoms with Gasteiger partial charge in [-0.05, 0) is 98.7 Å². The fourth-order valence-electron chi connectivity index (χ4n) is 2.51. The van der Waals surface area contributed by atoms with Gasteiger partial charge in [0.25, 0.3) is 0 Å². The molecule has 39 heavy (non-hydrogen) atoms. The molecule has 216 valence electrons. The van der Waals surface area contributed by atoms with E-state index in [9.17, 15) is 4.80 Å². The third-order valence-corrected chi connectivity index (χ3v) is 6.19. The average molecular weight is 638 g/mol. The van der Waals surface area contributed by atoms with E-state index in [0.29, 0.717) is 17.2 Å². The first-order chi connectivity index (χ1) is 17.3. The number of para-hydroxylation sites is 3. The van der Waals surface area contributed by atoms with Gasteiger partial charge in [0.2, 0.25) is 0 Å². The number of aromatic hydroxyl groups is 3. The molecule has 0 amide bonds. The summed E-state index contributed by atoms with van der Waals surface area (Å²) in [7, 11) is -3.66. The van der Waals surface area contributed by atoms with Gasteiger partial charge in [0.05, 0.1) is 16.8 Å². The molecule has 9 heteroatoms. The monoisotopic (exact) mass is 636 g/mol. The van der Waals surface area contributed by atoms with Crippen molar-refractivity contribution in [1.29, 1.82) is 0 Å². The summed E-state index contributed by atoms with van der Waals surface area (Å²) < 4.78 is 16.9. The molecule has 0 atom stereocenters. The summed E-state index contributed by atoms with van der Waals surface area (Å²) in [6.07, 6.45) is 0. The average Bonchev–Trinajstić information content (AvgIpc) is 2.72. The minimum Gasteiger partial charge on any atom is -0.508 e. The standard InChI is InChI=1S/C12H28O4Si.3C6H6O.Zr/c1-10(2,3)14-17(13,15-11(4,5)6)16-12(7,8)9;3*7-6-4-2-1-3-5-6;/h13H,1-9H3;3*1-5,7H;. The molecule has 3 rings (SSSR count). The Morgan fingerprint density at radius 3 is 0.718 bits per heavy atom. The van der Waals surface area contributed by atoms with Crippen molar-refractivity contribution >= 4 is 9.05 Å². The van der Waals surface area contributed by atoms with E-state index < -0.39 is 25.9 Å². The summed E-state index contributed by atoms with van der Waals surface area (Å²) in [6, 6.07) is 26.1. The normalized spacial score (nSPS) is 11.2. The van der Waals surface area contributed by atoms with Crippen LogP contribution in [0.5, 0.6) is 17.2 Å². The summed E-state index contributed by atoms with van der Waals surface area (Å²) in [5.74, 6) is 0.965. The Bertz CT molecular complexity index is 855. The third kappa shape index (κ3) is 26.0. The second-order valence-corrected chi connectivity index (χ2v) is 12.8. The summed E-state index contributed by atoms with van der Waals surface area (Å²) in [5.41, 5.74) is -1.55. The molecule has 3 aromatic rings. The van der Waals surface area contributed by atoms with Crippen LogP contribution in [-0.4, -0.2) is 46.0 Å². The van der Waals surface area contributed by atoms with E-state index in [1.165, 1.54) is 0 Å². The van der Waals surface area contributed by atoms with Crippen molar-refractivity contribution in [3.63, 3.8) is 0 Å². The minimum absolute atomic E-state index is 0. The van der Waals surface area contributed by atoms with Crippen LogP contribution in [0.25, 0.3) is 0 Å². The molecule has 0 aliphatic heterocycles. The van der Waals surface area contributed by atoms with Crippen LogP contribution in [0.1, 0.15) is 62.3 Å². The van der Waals surface area contributed by atoms with Gasteiger partial charge in [0.15, 0.2) is 0 Å². The van der Waals surface area contributed by atoms with Crippen LogP contribution in [0.4, 0.5) is 0 Å². The van der Waals surface area contributed by atoms with E-state index in [0.717, 1.165) is 0 Å². The van der Waals surface area contributed by atoms with Crippen LogP contribution >= 0.6 is 0 Å². The Morgan fingerprint density at radius 2 is 0.615 bits per heavy atom. The van der Waals surface area contributed by atoms with Crippen LogP contribution < -0.4 is 0 Å². The maximum absolute atomic E-state index is 10.5. The summed E-state index contributed by atoms with van der Waals surface area (Å²) in [5, 5.41) is 25.9. The van der Waals surface area contributed by atoms with Gasteiger partial charge in [0.1, 0.15) is 17.2 Å². The number of benzene rings is 3. The summed E-state index contributed by atoms with van der Waals surface area (Å²) in [4.78, 5) is 10.5. The summed E-state index contributed by atoms with van der Waals surface area (Å²) in [6.45, 7) is 16.8. The molecule has 4 N–H and O–H groups in total. The van der Waals surface area contributed by atoms with Gasteiger partial charge in [-0.2, -0.15) is 0 Å². The molecule has 0 aromatic heterocycles. The molecule has 0 saturated carbocycles. The Morgan fingerprint density at radius 1 is 0.436 bits per heavy atom. The van der Waals surface area contributed by atoms with Crippen molar-refractivity contribution in [2.24, 2.45) is 0 Å². The molecule has 0 aliphatic rings. The molecule has 0 aliphatic carbocycles. The third-order valence-electron chi connectivity index (χ3n) is 3.57. The van der Waals surface area contributed by atoms with E-state index >= 15 is 0 Å². The van der Waals surface area contributed by atoms with Crippen LogP contribution in [0, 0.1) is 0 Å². The SMILES string of the molecule is CC(C)(C)O[Si](O)(OC(C)(C)C)OC(C)(C)C.Oc1ccccc1.Oc1ccccc1.Oc1ccccc1.[Zr]. The predicted molar refractivity (Wildman–Crippen MR) is 155 cm³/mol. The molecule has 0 radical (unpaired) electrons. The van der Waals surface area contributed by atoms with Crippen molar-refractivity contribution in [3.8, 4) is 17.2 Å². The van der Waals surface area contributed by atoms with Crippen molar-refractivity contribution < 1.29 is 59.6 Å². The first kappa shape index (κ1) is 39.1. The second kappa shape index (κ2) is 18.4. The van der Waals surface area contributed by atoms with Gasteiger partial charge in [-0.3, -0.25) is 0 Å². The van der Waals surface area contributed by atoms with E-state index in [1.807, 2.05) is 80.5 Å². The molecule has 7 nitrogen and oxygen atoms in total. The van der Waals surface area contributed by atoms with Crippen LogP contribution in [0.15, 0.2) is 91.0 Å². The first-order valence-electron chi connectivity index (χ1n) is 12.4. The van der Waals surface area contributed by atoms with E-state index in [2.05, 4.69) is 0 Å². The Balaban J connectivity index is 0. The minimum atomic E-state index is -3.66. The molecule has 0 fully saturated rings. The fourth-order valence-corrected chi connectivity index (χ4v) is 4.95. The number of phenols is 3. The molecular formula is C30H46O7SiZr. The van der Waals surface area contributed by atoms with Gasteiger partial charge in [-0.15, -0.1) is 0 Å². The number of rotatable bonds is 3. The predicted octanol–water partition coefficient (Wildman–Crippen LogP) is 7.03. The quantitative estimate of drug-likeness (QED) is 0.228. The van der Waals surface area contributed by atoms with Gasteiger partial charge in [-0.25, -0.2) is 0 Å². The maximum atomic E-state index is 10.5. The van der Waals surface area contributed by atoms with E-state index in [1.54, 1.807) is 72.8 Å². The smallest absolute Gasteiger partial charge is 0.508 e. The number of hydrogen-bond acceptors (Lipinski definition) is 7. The molecule has 0 heterocycles. The van der Waals surface area contributed by atoms with Gasteiger partial charge in [0, 0.05) is 26.2 Å². The molecule has 0 saturated heterocycles. The fraction of sp³-hybridized carbons (Fsp3) is 0.400. The van der Waals surface area contributed by atoms with Crippen LogP contribution in [0.2, 0.25) is 0 Å². The Kier molecular flexibility index (Phi) is 18.4. The number of phenolic OH excluding ortho intramolecular Hbond substituents is 3. The summed E-state index contributed by atoms with van der Waals surface area (Å²) >= 11 is 0. The number of hydrogen-bond donors (Lipinski definition) is 4. The van der Waals surface area contributed by atoms with Crippen molar-refractivity contribution in [1.82, 2.24) is 0 Å². The Hall–Kier alpha value is -2.00. The van der Waals surface area contributed by atoms with Gasteiger partial charge < -0.3 is 33.4 Å². The molecule has 0 unspecified atom stereocenters. The van der Waals surface area contributed by atoms with Gasteiger partial charge >= 0.3 is 9.05 Å². The van der Waals surface area contributed by atoms with Crippen molar-refractivity contribution in [2.75, 3.05) is 0 Å². The largest absolute Gasteiger partial charge is 0.678 e. The van der Waals surface area contributed by atoms with Crippen molar-refractivity contribution in [3.05, 3.63) is 91.0 Å². The zero-order valence-corrected chi connectivity index (χ0v) is 28.1. The second-order valence-electron chi connectivity index (χ2n) is 11.2. The van der Waals surface area contributed by atoms with Gasteiger partial charge in [-0.1, -0.05) is 54.6 Å². The zero-order chi connectivity index (χ0) is 29.5. The molecule has 0 bridgehead atoms. The van der Waals surface area contributed by atoms with Crippen LogP contribution in [0.3, 0.4) is 0 Å². The Labute approximate surface area is 255 Å². The maximum Gasteiger partial charge on any atom is 0.678 e. The molecular weight excluding hydrogens is 592 g/mol. The zero-order valence-electron chi connectivity index (χ0n) is 24.7. The van der Waals surface area contributed by atoms with E-state index in [-0.39, 0.29) is 26.2 Å². The van der Waals surface area contributed by atoms with Crippen molar-refractivity contribution in [2.45, 2.75) is 79.1 Å². The van der Waals surface area contributed by atoms with E-state index in [4.69, 9.17) is 28.6 Å². The van der Waals surface area contributed by atoms with Crippen LogP contribution in [-0.2, 0) is 39.5 Å². The molecule has 3 aromatic carbocycles. The molecule has 0 spiro atoms. The first-order valence-corrected chi connectivity index (χ1v) is 14.0. The topological polar surface area (TPSA) is 109 Å².